The first-order valence-corrected chi connectivity index (χ1v) is 8.81. The molecular formula is C15H20N2O4S. The van der Waals surface area contributed by atoms with Gasteiger partial charge in [-0.05, 0) is 25.0 Å². The molecule has 2 saturated heterocycles. The van der Waals surface area contributed by atoms with E-state index in [0.29, 0.717) is 23.5 Å². The zero-order chi connectivity index (χ0) is 15.9. The van der Waals surface area contributed by atoms with Gasteiger partial charge in [0.05, 0.1) is 23.0 Å². The molecule has 0 bridgehead atoms. The van der Waals surface area contributed by atoms with Crippen LogP contribution in [0, 0.1) is 12.8 Å². The molecule has 2 heterocycles. The Labute approximate surface area is 130 Å². The first-order chi connectivity index (χ1) is 10.5. The second kappa shape index (κ2) is 5.64. The van der Waals surface area contributed by atoms with Crippen molar-refractivity contribution in [2.75, 3.05) is 20.2 Å². The molecule has 0 aromatic heterocycles. The van der Waals surface area contributed by atoms with E-state index < -0.39 is 15.9 Å². The van der Waals surface area contributed by atoms with E-state index in [-0.39, 0.29) is 24.6 Å². The summed E-state index contributed by atoms with van der Waals surface area (Å²) >= 11 is 0. The topological polar surface area (TPSA) is 75.7 Å². The van der Waals surface area contributed by atoms with E-state index in [9.17, 15) is 13.2 Å². The predicted octanol–water partition coefficient (Wildman–Crippen LogP) is 0.519. The minimum Gasteiger partial charge on any atom is -0.376 e. The summed E-state index contributed by atoms with van der Waals surface area (Å²) in [5.41, 5.74) is 0.710. The van der Waals surface area contributed by atoms with E-state index in [4.69, 9.17) is 4.74 Å². The smallest absolute Gasteiger partial charge is 0.243 e. The Morgan fingerprint density at radius 3 is 2.77 bits per heavy atom. The number of carbonyl (C=O) groups is 1. The van der Waals surface area contributed by atoms with Crippen molar-refractivity contribution in [1.29, 1.82) is 0 Å². The summed E-state index contributed by atoms with van der Waals surface area (Å²) in [5.74, 6) is -0.615. The van der Waals surface area contributed by atoms with Crippen LogP contribution >= 0.6 is 0 Å². The molecule has 120 valence electrons. The van der Waals surface area contributed by atoms with Crippen molar-refractivity contribution in [3.05, 3.63) is 29.8 Å². The fraction of sp³-hybridized carbons (Fsp3) is 0.533. The van der Waals surface area contributed by atoms with Gasteiger partial charge in [0.1, 0.15) is 0 Å². The largest absolute Gasteiger partial charge is 0.376 e. The van der Waals surface area contributed by atoms with Crippen molar-refractivity contribution in [2.45, 2.75) is 30.4 Å². The number of rotatable bonds is 3. The molecule has 22 heavy (non-hydrogen) atoms. The number of hydrogen-bond acceptors (Lipinski definition) is 4. The Morgan fingerprint density at radius 2 is 2.09 bits per heavy atom. The summed E-state index contributed by atoms with van der Waals surface area (Å²) in [6, 6.07) is 6.67. The molecule has 6 nitrogen and oxygen atoms in total. The highest BCUT2D eigenvalue weighted by Gasteiger charge is 2.52. The molecule has 2 fully saturated rings. The van der Waals surface area contributed by atoms with Gasteiger partial charge >= 0.3 is 0 Å². The van der Waals surface area contributed by atoms with Gasteiger partial charge in [-0.2, -0.15) is 4.31 Å². The summed E-state index contributed by atoms with van der Waals surface area (Å²) in [4.78, 5) is 12.3. The van der Waals surface area contributed by atoms with Crippen LogP contribution in [0.2, 0.25) is 0 Å². The molecule has 1 aromatic rings. The Hall–Kier alpha value is -1.44. The van der Waals surface area contributed by atoms with E-state index in [1.54, 1.807) is 32.2 Å². The van der Waals surface area contributed by atoms with Crippen LogP contribution in [0.5, 0.6) is 0 Å². The van der Waals surface area contributed by atoms with Crippen LogP contribution in [0.15, 0.2) is 29.2 Å². The summed E-state index contributed by atoms with van der Waals surface area (Å²) in [5, 5.41) is 2.60. The fourth-order valence-corrected chi connectivity index (χ4v) is 5.31. The maximum Gasteiger partial charge on any atom is 0.243 e. The van der Waals surface area contributed by atoms with E-state index in [1.165, 1.54) is 4.31 Å². The van der Waals surface area contributed by atoms with Gasteiger partial charge in [-0.1, -0.05) is 18.2 Å². The first kappa shape index (κ1) is 15.5. The summed E-state index contributed by atoms with van der Waals surface area (Å²) in [7, 11) is -2.06. The number of ether oxygens (including phenoxy) is 1. The number of nitrogens with one attached hydrogen (secondary N) is 1. The van der Waals surface area contributed by atoms with Gasteiger partial charge < -0.3 is 10.1 Å². The third-order valence-electron chi connectivity index (χ3n) is 4.51. The van der Waals surface area contributed by atoms with Gasteiger partial charge in [0.2, 0.25) is 15.9 Å². The third-order valence-corrected chi connectivity index (χ3v) is 6.56. The van der Waals surface area contributed by atoms with E-state index in [1.807, 2.05) is 6.07 Å². The lowest BCUT2D eigenvalue weighted by atomic mass is 10.0. The van der Waals surface area contributed by atoms with Gasteiger partial charge in [0.25, 0.3) is 0 Å². The van der Waals surface area contributed by atoms with Crippen LogP contribution < -0.4 is 5.32 Å². The summed E-state index contributed by atoms with van der Waals surface area (Å²) in [6.45, 7) is 2.44. The van der Waals surface area contributed by atoms with Crippen molar-refractivity contribution in [2.24, 2.45) is 5.92 Å². The van der Waals surface area contributed by atoms with Crippen LogP contribution in [-0.2, 0) is 19.6 Å². The zero-order valence-electron chi connectivity index (χ0n) is 12.7. The second-order valence-corrected chi connectivity index (χ2v) is 7.61. The predicted molar refractivity (Wildman–Crippen MR) is 80.8 cm³/mol. The van der Waals surface area contributed by atoms with E-state index >= 15 is 0 Å². The average Bonchev–Trinajstić information content (AvgIpc) is 3.08. The highest BCUT2D eigenvalue weighted by Crippen LogP contribution is 2.37. The lowest BCUT2D eigenvalue weighted by Gasteiger charge is -2.22. The van der Waals surface area contributed by atoms with Crippen LogP contribution in [-0.4, -0.2) is 51.0 Å². The summed E-state index contributed by atoms with van der Waals surface area (Å²) in [6.07, 6.45) is 0.280. The molecular weight excluding hydrogens is 304 g/mol. The van der Waals surface area contributed by atoms with Crippen molar-refractivity contribution < 1.29 is 17.9 Å². The lowest BCUT2D eigenvalue weighted by molar-refractivity contribution is -0.127. The standard InChI is InChI=1S/C15H20N2O4S/c1-10-5-3-4-6-13(10)22(19,20)17-9-11(15(18)16-2)14-12(17)7-8-21-14/h3-6,11-12,14H,7-9H2,1-2H3,(H,16,18)/t11-,12+,14+/m0/s1. The molecule has 2 aliphatic heterocycles. The maximum atomic E-state index is 13.0. The molecule has 2 aliphatic rings. The van der Waals surface area contributed by atoms with Crippen LogP contribution in [0.3, 0.4) is 0 Å². The number of nitrogens with zero attached hydrogens (tertiary/aromatic N) is 1. The molecule has 3 atom stereocenters. The third kappa shape index (κ3) is 2.33. The molecule has 0 spiro atoms. The number of fused-ring (bicyclic) bond motifs is 1. The van der Waals surface area contributed by atoms with Crippen LogP contribution in [0.1, 0.15) is 12.0 Å². The normalized spacial score (nSPS) is 28.5. The monoisotopic (exact) mass is 324 g/mol. The quantitative estimate of drug-likeness (QED) is 0.879. The van der Waals surface area contributed by atoms with Crippen molar-refractivity contribution in [1.82, 2.24) is 9.62 Å². The molecule has 3 rings (SSSR count). The molecule has 0 saturated carbocycles. The van der Waals surface area contributed by atoms with Crippen molar-refractivity contribution in [3.63, 3.8) is 0 Å². The average molecular weight is 324 g/mol. The van der Waals surface area contributed by atoms with Crippen molar-refractivity contribution >= 4 is 15.9 Å². The highest BCUT2D eigenvalue weighted by atomic mass is 32.2. The molecule has 1 N–H and O–H groups in total. The Bertz CT molecular complexity index is 689. The maximum absolute atomic E-state index is 13.0. The minimum atomic E-state index is -3.62. The Kier molecular flexibility index (Phi) is 3.96. The van der Waals surface area contributed by atoms with Crippen LogP contribution in [0.25, 0.3) is 0 Å². The van der Waals surface area contributed by atoms with Gasteiger partial charge in [0, 0.05) is 20.2 Å². The van der Waals surface area contributed by atoms with Gasteiger partial charge in [-0.25, -0.2) is 8.42 Å². The molecule has 0 unspecified atom stereocenters. The SMILES string of the molecule is CNC(=O)[C@H]1CN(S(=O)(=O)c2ccccc2C)[C@@H]2CCO[C@H]12. The van der Waals surface area contributed by atoms with E-state index in [2.05, 4.69) is 5.32 Å². The Morgan fingerprint density at radius 1 is 1.36 bits per heavy atom. The number of benzene rings is 1. The lowest BCUT2D eigenvalue weighted by Crippen LogP contribution is -2.37. The number of carbonyl (C=O) groups excluding carboxylic acids is 1. The number of aryl methyl sites for hydroxylation is 1. The second-order valence-electron chi connectivity index (χ2n) is 5.75. The highest BCUT2D eigenvalue weighted by molar-refractivity contribution is 7.89. The van der Waals surface area contributed by atoms with Gasteiger partial charge in [-0.3, -0.25) is 4.79 Å². The fourth-order valence-electron chi connectivity index (χ4n) is 3.39. The molecule has 7 heteroatoms. The zero-order valence-corrected chi connectivity index (χ0v) is 13.5. The molecule has 1 amide bonds. The minimum absolute atomic E-state index is 0.167. The summed E-state index contributed by atoms with van der Waals surface area (Å²) < 4.78 is 33.1. The van der Waals surface area contributed by atoms with Gasteiger partial charge in [-0.15, -0.1) is 0 Å². The van der Waals surface area contributed by atoms with Crippen LogP contribution in [0.4, 0.5) is 0 Å². The Balaban J connectivity index is 1.98. The number of amides is 1. The molecule has 0 radical (unpaired) electrons. The molecule has 0 aliphatic carbocycles. The van der Waals surface area contributed by atoms with Crippen molar-refractivity contribution in [3.8, 4) is 0 Å². The van der Waals surface area contributed by atoms with Gasteiger partial charge in [0.15, 0.2) is 0 Å². The molecule has 1 aromatic carbocycles. The first-order valence-electron chi connectivity index (χ1n) is 7.37. The number of sulfonamides is 1. The number of hydrogen-bond donors (Lipinski definition) is 1. The van der Waals surface area contributed by atoms with E-state index in [0.717, 1.165) is 0 Å².